The van der Waals surface area contributed by atoms with Crippen LogP contribution in [0.3, 0.4) is 0 Å². The van der Waals surface area contributed by atoms with Gasteiger partial charge in [0.25, 0.3) is 0 Å². The van der Waals surface area contributed by atoms with Crippen LogP contribution >= 0.6 is 0 Å². The molecule has 2 radical (unpaired) electrons. The summed E-state index contributed by atoms with van der Waals surface area (Å²) in [5.74, 6) is 0. The molecule has 0 fully saturated rings. The Balaban J connectivity index is 2.15. The Bertz CT molecular complexity index is 938. The van der Waals surface area contributed by atoms with Crippen molar-refractivity contribution in [3.05, 3.63) is 66.7 Å². The molecule has 94 valence electrons. The van der Waals surface area contributed by atoms with E-state index in [2.05, 4.69) is 73.3 Å². The predicted octanol–water partition coefficient (Wildman–Crippen LogP) is 4.52. The first-order valence-electron chi connectivity index (χ1n) is 6.88. The van der Waals surface area contributed by atoms with Gasteiger partial charge < -0.3 is 0 Å². The molecule has 0 nitrogen and oxygen atoms in total. The number of fused-ring (bicyclic) bond motifs is 3. The van der Waals surface area contributed by atoms with Gasteiger partial charge in [0.15, 0.2) is 0 Å². The summed E-state index contributed by atoms with van der Waals surface area (Å²) in [5.41, 5.74) is 0. The highest BCUT2D eigenvalue weighted by Gasteiger charge is 2.03. The van der Waals surface area contributed by atoms with E-state index in [1.54, 1.807) is 0 Å². The van der Waals surface area contributed by atoms with Crippen LogP contribution in [0.4, 0.5) is 0 Å². The van der Waals surface area contributed by atoms with Crippen LogP contribution in [0, 0.1) is 0 Å². The van der Waals surface area contributed by atoms with Crippen molar-refractivity contribution in [1.82, 2.24) is 0 Å². The minimum atomic E-state index is 0.836. The number of rotatable bonds is 1. The third-order valence-electron chi connectivity index (χ3n) is 3.97. The molecule has 0 aliphatic carbocycles. The first kappa shape index (κ1) is 11.7. The summed E-state index contributed by atoms with van der Waals surface area (Å²) in [6, 6.07) is 24.5. The van der Waals surface area contributed by atoms with Crippen LogP contribution in [0.25, 0.3) is 32.3 Å². The molecule has 0 saturated heterocycles. The van der Waals surface area contributed by atoms with E-state index in [-0.39, 0.29) is 0 Å². The molecule has 0 heterocycles. The molecule has 0 atom stereocenters. The van der Waals surface area contributed by atoms with Crippen LogP contribution in [0.15, 0.2) is 66.7 Å². The third kappa shape index (κ3) is 1.74. The van der Waals surface area contributed by atoms with E-state index in [1.807, 2.05) is 0 Å². The van der Waals surface area contributed by atoms with Crippen molar-refractivity contribution in [3.8, 4) is 0 Å². The average Bonchev–Trinajstić information content (AvgIpc) is 2.50. The summed E-state index contributed by atoms with van der Waals surface area (Å²) in [7, 11) is 0.836. The van der Waals surface area contributed by atoms with E-state index in [0.717, 1.165) is 9.52 Å². The molecular weight excluding hydrogens is 256 g/mol. The maximum atomic E-state index is 2.35. The van der Waals surface area contributed by atoms with Gasteiger partial charge in [-0.2, -0.15) is 0 Å². The Morgan fingerprint density at radius 3 is 1.90 bits per heavy atom. The standard InChI is InChI=1S/C19H14Si/c1-20-19-8-4-7-15-11-16-9-13-5-2-3-6-14(13)10-17(16)12-18(15)19/h2-12H,1H3. The molecule has 4 aromatic carbocycles. The van der Waals surface area contributed by atoms with Gasteiger partial charge in [0, 0.05) is 0 Å². The first-order valence-corrected chi connectivity index (χ1v) is 8.38. The largest absolute Gasteiger partial charge is 0.0781 e. The van der Waals surface area contributed by atoms with Crippen LogP contribution in [0.2, 0.25) is 6.55 Å². The quantitative estimate of drug-likeness (QED) is 0.352. The minimum absolute atomic E-state index is 0.836. The number of hydrogen-bond acceptors (Lipinski definition) is 0. The zero-order valence-electron chi connectivity index (χ0n) is 11.4. The van der Waals surface area contributed by atoms with Crippen molar-refractivity contribution in [2.24, 2.45) is 0 Å². The molecular formula is C19H14Si. The second-order valence-electron chi connectivity index (χ2n) is 5.18. The topological polar surface area (TPSA) is 0 Å². The lowest BCUT2D eigenvalue weighted by Gasteiger charge is -2.08. The molecule has 4 aromatic rings. The van der Waals surface area contributed by atoms with Gasteiger partial charge in [-0.1, -0.05) is 54.2 Å². The summed E-state index contributed by atoms with van der Waals surface area (Å²) in [6.45, 7) is 2.25. The van der Waals surface area contributed by atoms with Crippen molar-refractivity contribution >= 4 is 47.0 Å². The average molecular weight is 270 g/mol. The smallest absolute Gasteiger partial charge is 0.0688 e. The van der Waals surface area contributed by atoms with Gasteiger partial charge in [0.05, 0.1) is 9.52 Å². The van der Waals surface area contributed by atoms with Crippen molar-refractivity contribution in [2.75, 3.05) is 0 Å². The minimum Gasteiger partial charge on any atom is -0.0688 e. The second kappa shape index (κ2) is 4.46. The Labute approximate surface area is 120 Å². The van der Waals surface area contributed by atoms with Gasteiger partial charge in [-0.25, -0.2) is 0 Å². The molecule has 0 aliphatic heterocycles. The molecule has 0 aromatic heterocycles. The number of hydrogen-bond donors (Lipinski definition) is 0. The molecule has 0 saturated carbocycles. The second-order valence-corrected chi connectivity index (χ2v) is 6.21. The van der Waals surface area contributed by atoms with E-state index in [1.165, 1.54) is 37.5 Å². The Morgan fingerprint density at radius 2 is 1.20 bits per heavy atom. The first-order chi connectivity index (χ1) is 9.85. The van der Waals surface area contributed by atoms with Crippen molar-refractivity contribution in [2.45, 2.75) is 6.55 Å². The molecule has 0 N–H and O–H groups in total. The molecule has 0 spiro atoms. The van der Waals surface area contributed by atoms with Crippen LogP contribution in [0.5, 0.6) is 0 Å². The molecule has 0 bridgehead atoms. The van der Waals surface area contributed by atoms with Crippen LogP contribution < -0.4 is 5.19 Å². The molecule has 0 aliphatic rings. The number of benzene rings is 4. The molecule has 0 amide bonds. The van der Waals surface area contributed by atoms with Gasteiger partial charge >= 0.3 is 0 Å². The summed E-state index contributed by atoms with van der Waals surface area (Å²) >= 11 is 0. The lowest BCUT2D eigenvalue weighted by atomic mass is 10.00. The highest BCUT2D eigenvalue weighted by molar-refractivity contribution is 6.55. The molecule has 4 rings (SSSR count). The van der Waals surface area contributed by atoms with E-state index in [0.29, 0.717) is 0 Å². The molecule has 20 heavy (non-hydrogen) atoms. The highest BCUT2D eigenvalue weighted by Crippen LogP contribution is 2.26. The third-order valence-corrected chi connectivity index (χ3v) is 4.95. The highest BCUT2D eigenvalue weighted by atomic mass is 28.2. The molecule has 0 unspecified atom stereocenters. The van der Waals surface area contributed by atoms with Gasteiger partial charge in [-0.3, -0.25) is 0 Å². The Kier molecular flexibility index (Phi) is 2.61. The fourth-order valence-electron chi connectivity index (χ4n) is 2.94. The zero-order chi connectivity index (χ0) is 13.5. The Hall–Kier alpha value is -2.12. The Morgan fingerprint density at radius 1 is 0.600 bits per heavy atom. The van der Waals surface area contributed by atoms with Gasteiger partial charge in [-0.15, -0.1) is 0 Å². The normalized spacial score (nSPS) is 11.4. The maximum Gasteiger partial charge on any atom is 0.0781 e. The van der Waals surface area contributed by atoms with Crippen LogP contribution in [-0.4, -0.2) is 9.52 Å². The van der Waals surface area contributed by atoms with Gasteiger partial charge in [0.1, 0.15) is 0 Å². The summed E-state index contributed by atoms with van der Waals surface area (Å²) in [6.07, 6.45) is 0. The zero-order valence-corrected chi connectivity index (χ0v) is 12.4. The van der Waals surface area contributed by atoms with E-state index >= 15 is 0 Å². The van der Waals surface area contributed by atoms with E-state index in [9.17, 15) is 0 Å². The summed E-state index contributed by atoms with van der Waals surface area (Å²) < 4.78 is 0. The van der Waals surface area contributed by atoms with Gasteiger partial charge in [0.2, 0.25) is 0 Å². The van der Waals surface area contributed by atoms with Gasteiger partial charge in [-0.05, 0) is 56.6 Å². The van der Waals surface area contributed by atoms with Crippen molar-refractivity contribution < 1.29 is 0 Å². The maximum absolute atomic E-state index is 2.35. The van der Waals surface area contributed by atoms with E-state index < -0.39 is 0 Å². The summed E-state index contributed by atoms with van der Waals surface area (Å²) in [4.78, 5) is 0. The lowest BCUT2D eigenvalue weighted by molar-refractivity contribution is 1.79. The van der Waals surface area contributed by atoms with Crippen molar-refractivity contribution in [1.29, 1.82) is 0 Å². The molecule has 1 heteroatoms. The monoisotopic (exact) mass is 270 g/mol. The fourth-order valence-corrected chi connectivity index (χ4v) is 3.69. The predicted molar refractivity (Wildman–Crippen MR) is 90.2 cm³/mol. The fraction of sp³-hybridized carbons (Fsp3) is 0.0526. The van der Waals surface area contributed by atoms with Crippen LogP contribution in [0.1, 0.15) is 0 Å². The summed E-state index contributed by atoms with van der Waals surface area (Å²) in [5, 5.41) is 9.49. The SMILES string of the molecule is C[Si]c1cccc2cc3cc4ccccc4cc3cc12. The lowest BCUT2D eigenvalue weighted by Crippen LogP contribution is -2.10. The van der Waals surface area contributed by atoms with Crippen LogP contribution in [-0.2, 0) is 0 Å². The van der Waals surface area contributed by atoms with Crippen molar-refractivity contribution in [3.63, 3.8) is 0 Å². The van der Waals surface area contributed by atoms with E-state index in [4.69, 9.17) is 0 Å².